The van der Waals surface area contributed by atoms with E-state index in [-0.39, 0.29) is 25.9 Å². The Labute approximate surface area is 157 Å². The highest BCUT2D eigenvalue weighted by Crippen LogP contribution is 2.63. The fraction of sp³-hybridized carbons (Fsp3) is 0.231. The van der Waals surface area contributed by atoms with E-state index in [0.717, 1.165) is 6.07 Å². The van der Waals surface area contributed by atoms with Crippen LogP contribution in [0, 0.1) is 0 Å². The first kappa shape index (κ1) is 20.7. The molecule has 2 amide bonds. The quantitative estimate of drug-likeness (QED) is 0.474. The number of thiophene rings is 1. The first-order chi connectivity index (χ1) is 11.9. The average molecular weight is 473 g/mol. The lowest BCUT2D eigenvalue weighted by Crippen LogP contribution is -2.25. The number of nitrogens with two attached hydrogens (primary N) is 1. The van der Waals surface area contributed by atoms with Crippen molar-refractivity contribution < 1.29 is 37.5 Å². The van der Waals surface area contributed by atoms with E-state index in [1.54, 1.807) is 0 Å². The number of hydrogen-bond donors (Lipinski definition) is 4. The van der Waals surface area contributed by atoms with Crippen molar-refractivity contribution in [3.05, 3.63) is 27.0 Å². The molecule has 8 nitrogen and oxygen atoms in total. The summed E-state index contributed by atoms with van der Waals surface area (Å²) < 4.78 is 44.5. The minimum Gasteiger partial charge on any atom is -0.482 e. The number of likely N-dealkylation sites (N-methyl/N-ethyl adjacent to an activating group) is 1. The number of halogens is 3. The largest absolute Gasteiger partial charge is 0.482 e. The predicted molar refractivity (Wildman–Crippen MR) is 93.5 cm³/mol. The predicted octanol–water partition coefficient (Wildman–Crippen LogP) is 2.11. The first-order valence-electron chi connectivity index (χ1n) is 6.73. The molecule has 2 aromatic rings. The third kappa shape index (κ3) is 3.74. The van der Waals surface area contributed by atoms with Crippen molar-refractivity contribution in [3.8, 4) is 5.75 Å². The van der Waals surface area contributed by atoms with Gasteiger partial charge in [0.2, 0.25) is 5.91 Å². The molecule has 0 aliphatic rings. The van der Waals surface area contributed by atoms with E-state index in [0.29, 0.717) is 11.3 Å². The van der Waals surface area contributed by atoms with Crippen molar-refractivity contribution in [2.75, 3.05) is 13.7 Å². The van der Waals surface area contributed by atoms with Crippen LogP contribution in [0.3, 0.4) is 0 Å². The van der Waals surface area contributed by atoms with E-state index >= 15 is 0 Å². The van der Waals surface area contributed by atoms with Crippen LogP contribution in [0.5, 0.6) is 5.75 Å². The first-order valence-corrected chi connectivity index (χ1v) is 9.95. The summed E-state index contributed by atoms with van der Waals surface area (Å²) in [4.78, 5) is 39.8. The lowest BCUT2D eigenvalue weighted by Gasteiger charge is -2.16. The third-order valence-electron chi connectivity index (χ3n) is 3.26. The van der Waals surface area contributed by atoms with Gasteiger partial charge in [-0.3, -0.25) is 14.2 Å². The Morgan fingerprint density at radius 1 is 1.42 bits per heavy atom. The van der Waals surface area contributed by atoms with Crippen LogP contribution < -0.4 is 15.8 Å². The van der Waals surface area contributed by atoms with E-state index in [2.05, 4.69) is 21.2 Å². The van der Waals surface area contributed by atoms with Crippen LogP contribution in [0.25, 0.3) is 10.1 Å². The number of hydrogen-bond acceptors (Lipinski definition) is 5. The van der Waals surface area contributed by atoms with Crippen LogP contribution in [-0.4, -0.2) is 35.3 Å². The molecule has 13 heteroatoms. The second-order valence-corrected chi connectivity index (χ2v) is 8.47. The van der Waals surface area contributed by atoms with Crippen molar-refractivity contribution in [3.63, 3.8) is 0 Å². The van der Waals surface area contributed by atoms with E-state index < -0.39 is 36.6 Å². The molecule has 0 radical (unpaired) electrons. The number of rotatable bonds is 6. The second-order valence-electron chi connectivity index (χ2n) is 5.01. The molecule has 5 N–H and O–H groups in total. The Morgan fingerprint density at radius 2 is 2.04 bits per heavy atom. The van der Waals surface area contributed by atoms with Gasteiger partial charge in [-0.2, -0.15) is 8.78 Å². The number of ether oxygens (including phenoxy) is 1. The molecular weight excluding hydrogens is 461 g/mol. The fourth-order valence-electron chi connectivity index (χ4n) is 1.93. The van der Waals surface area contributed by atoms with Crippen molar-refractivity contribution in [1.29, 1.82) is 0 Å². The number of carbonyl (C=O) groups is 2. The smallest absolute Gasteiger partial charge is 0.400 e. The number of alkyl halides is 2. The van der Waals surface area contributed by atoms with Crippen molar-refractivity contribution in [2.24, 2.45) is 5.73 Å². The van der Waals surface area contributed by atoms with Crippen molar-refractivity contribution >= 4 is 56.8 Å². The SMILES string of the molecule is CNC(=O)COc1cc(C(N)=O)cc2c(Br)c(C(F)(F)P(=O)(O)O)sc12. The summed E-state index contributed by atoms with van der Waals surface area (Å²) in [5.74, 6) is -1.49. The zero-order valence-electron chi connectivity index (χ0n) is 13.0. The standard InChI is InChI=1S/C13H12BrF2N2O6PS/c1-18-8(19)4-24-7-3-5(12(17)20)2-6-9(14)11(26-10(6)7)13(15,16)25(21,22)23/h2-3H,4H2,1H3,(H2,17,20)(H,18,19)(H2,21,22,23). The van der Waals surface area contributed by atoms with Crippen LogP contribution >= 0.6 is 34.9 Å². The van der Waals surface area contributed by atoms with Gasteiger partial charge in [0.05, 0.1) is 4.70 Å². The van der Waals surface area contributed by atoms with Gasteiger partial charge in [0, 0.05) is 22.5 Å². The van der Waals surface area contributed by atoms with Crippen LogP contribution in [-0.2, 0) is 15.0 Å². The summed E-state index contributed by atoms with van der Waals surface area (Å²) in [5, 5.41) is 2.34. The molecule has 0 spiro atoms. The maximum Gasteiger partial charge on any atom is 0.400 e. The van der Waals surface area contributed by atoms with E-state index in [9.17, 15) is 22.9 Å². The number of carbonyl (C=O) groups excluding carboxylic acids is 2. The fourth-order valence-corrected chi connectivity index (χ4v) is 4.91. The highest BCUT2D eigenvalue weighted by Gasteiger charge is 2.53. The van der Waals surface area contributed by atoms with Crippen molar-refractivity contribution in [2.45, 2.75) is 5.66 Å². The molecule has 0 saturated heterocycles. The van der Waals surface area contributed by atoms with Gasteiger partial charge in [0.1, 0.15) is 10.6 Å². The minimum absolute atomic E-state index is 0.0429. The summed E-state index contributed by atoms with van der Waals surface area (Å²) >= 11 is 3.26. The molecule has 0 saturated carbocycles. The molecule has 1 aromatic heterocycles. The Hall–Kier alpha value is -1.59. The molecule has 0 unspecified atom stereocenters. The van der Waals surface area contributed by atoms with Gasteiger partial charge < -0.3 is 25.6 Å². The van der Waals surface area contributed by atoms with Crippen LogP contribution in [0.2, 0.25) is 0 Å². The molecule has 0 atom stereocenters. The number of amides is 2. The summed E-state index contributed by atoms with van der Waals surface area (Å²) in [6.07, 6.45) is 0. The lowest BCUT2D eigenvalue weighted by molar-refractivity contribution is -0.122. The van der Waals surface area contributed by atoms with Crippen LogP contribution in [0.4, 0.5) is 8.78 Å². The van der Waals surface area contributed by atoms with Gasteiger partial charge in [0.15, 0.2) is 6.61 Å². The van der Waals surface area contributed by atoms with Crippen LogP contribution in [0.15, 0.2) is 16.6 Å². The summed E-state index contributed by atoms with van der Waals surface area (Å²) in [6, 6.07) is 2.35. The summed E-state index contributed by atoms with van der Waals surface area (Å²) in [5.41, 5.74) is 0.663. The topological polar surface area (TPSA) is 139 Å². The summed E-state index contributed by atoms with van der Waals surface area (Å²) in [7, 11) is -4.44. The molecule has 0 bridgehead atoms. The average Bonchev–Trinajstić information content (AvgIpc) is 2.88. The molecule has 142 valence electrons. The van der Waals surface area contributed by atoms with Crippen LogP contribution in [0.1, 0.15) is 15.2 Å². The van der Waals surface area contributed by atoms with E-state index in [1.165, 1.54) is 13.1 Å². The molecule has 1 aromatic carbocycles. The second kappa shape index (κ2) is 7.20. The third-order valence-corrected chi connectivity index (χ3v) is 6.74. The molecular formula is C13H12BrF2N2O6PS. The Kier molecular flexibility index (Phi) is 5.74. The van der Waals surface area contributed by atoms with Gasteiger partial charge in [-0.15, -0.1) is 11.3 Å². The molecule has 0 fully saturated rings. The molecule has 26 heavy (non-hydrogen) atoms. The van der Waals surface area contributed by atoms with Gasteiger partial charge >= 0.3 is 13.3 Å². The van der Waals surface area contributed by atoms with Gasteiger partial charge in [-0.1, -0.05) is 0 Å². The zero-order valence-corrected chi connectivity index (χ0v) is 16.3. The maximum absolute atomic E-state index is 14.1. The highest BCUT2D eigenvalue weighted by atomic mass is 79.9. The Morgan fingerprint density at radius 3 is 2.54 bits per heavy atom. The zero-order chi connectivity index (χ0) is 19.9. The van der Waals surface area contributed by atoms with Gasteiger partial charge in [-0.25, -0.2) is 0 Å². The maximum atomic E-state index is 14.1. The molecule has 1 heterocycles. The normalized spacial score (nSPS) is 12.2. The molecule has 2 rings (SSSR count). The Balaban J connectivity index is 2.71. The highest BCUT2D eigenvalue weighted by molar-refractivity contribution is 9.10. The number of fused-ring (bicyclic) bond motifs is 1. The Bertz CT molecular complexity index is 944. The minimum atomic E-state index is -5.80. The van der Waals surface area contributed by atoms with E-state index in [1.807, 2.05) is 0 Å². The van der Waals surface area contributed by atoms with Gasteiger partial charge in [0.25, 0.3) is 5.91 Å². The number of primary amides is 1. The van der Waals surface area contributed by atoms with Crippen molar-refractivity contribution in [1.82, 2.24) is 5.32 Å². The number of benzene rings is 1. The van der Waals surface area contributed by atoms with E-state index in [4.69, 9.17) is 20.3 Å². The lowest BCUT2D eigenvalue weighted by atomic mass is 10.1. The summed E-state index contributed by atoms with van der Waals surface area (Å²) in [6.45, 7) is -0.465. The monoisotopic (exact) mass is 472 g/mol. The van der Waals surface area contributed by atoms with Gasteiger partial charge in [-0.05, 0) is 28.1 Å². The molecule has 0 aliphatic carbocycles. The molecule has 0 aliphatic heterocycles. The number of nitrogens with one attached hydrogen (secondary N) is 1.